The van der Waals surface area contributed by atoms with Crippen LogP contribution in [0.2, 0.25) is 0 Å². The van der Waals surface area contributed by atoms with Gasteiger partial charge in [-0.25, -0.2) is 15.0 Å². The normalized spacial score (nSPS) is 12.5. The monoisotopic (exact) mass is 937 g/mol. The quantitative estimate of drug-likeness (QED) is 0.145. The van der Waals surface area contributed by atoms with Crippen molar-refractivity contribution < 1.29 is 0 Å². The minimum absolute atomic E-state index is 0.211. The molecule has 0 saturated carbocycles. The van der Waals surface area contributed by atoms with Crippen LogP contribution in [0.5, 0.6) is 0 Å². The summed E-state index contributed by atoms with van der Waals surface area (Å²) in [5.41, 5.74) is 21.2. The van der Waals surface area contributed by atoms with Crippen LogP contribution in [0.4, 0.5) is 17.1 Å². The van der Waals surface area contributed by atoms with Gasteiger partial charge < -0.3 is 9.47 Å². The fourth-order valence-electron chi connectivity index (χ4n) is 11.0. The first kappa shape index (κ1) is 43.8. The highest BCUT2D eigenvalue weighted by atomic mass is 15.2. The molecular weight excluding hydrogens is 887 g/mol. The molecule has 0 spiro atoms. The molecule has 12 aromatic rings. The number of hydrogen-bond donors (Lipinski definition) is 0. The third-order valence-electron chi connectivity index (χ3n) is 14.8. The van der Waals surface area contributed by atoms with Crippen LogP contribution in [0.15, 0.2) is 237 Å². The Morgan fingerprint density at radius 1 is 0.370 bits per heavy atom. The summed E-state index contributed by atoms with van der Waals surface area (Å²) in [6.07, 6.45) is 0. The Labute approximate surface area is 426 Å². The first-order valence-electron chi connectivity index (χ1n) is 25.1. The smallest absolute Gasteiger partial charge is 0.164 e. The molecule has 0 aliphatic heterocycles. The molecule has 5 nitrogen and oxygen atoms in total. The lowest BCUT2D eigenvalue weighted by molar-refractivity contribution is 0.661. The van der Waals surface area contributed by atoms with Gasteiger partial charge in [0, 0.05) is 49.9 Å². The summed E-state index contributed by atoms with van der Waals surface area (Å²) in [4.78, 5) is 18.0. The van der Waals surface area contributed by atoms with Crippen molar-refractivity contribution in [2.75, 3.05) is 4.90 Å². The Balaban J connectivity index is 1.09. The van der Waals surface area contributed by atoms with Gasteiger partial charge in [-0.2, -0.15) is 0 Å². The van der Waals surface area contributed by atoms with E-state index in [1.165, 1.54) is 49.9 Å². The first-order chi connectivity index (χ1) is 35.7. The highest BCUT2D eigenvalue weighted by Crippen LogP contribution is 2.52. The van der Waals surface area contributed by atoms with Crippen molar-refractivity contribution >= 4 is 38.9 Å². The minimum Gasteiger partial charge on any atom is -0.308 e. The second kappa shape index (κ2) is 17.6. The minimum atomic E-state index is -0.211. The Bertz CT molecular complexity index is 3910. The van der Waals surface area contributed by atoms with Crippen molar-refractivity contribution in [1.82, 2.24) is 19.5 Å². The molecule has 0 saturated heterocycles. The van der Waals surface area contributed by atoms with Gasteiger partial charge in [-0.05, 0) is 113 Å². The Morgan fingerprint density at radius 3 is 1.48 bits per heavy atom. The predicted molar refractivity (Wildman–Crippen MR) is 303 cm³/mol. The van der Waals surface area contributed by atoms with Gasteiger partial charge in [-0.1, -0.05) is 207 Å². The first-order valence-corrected chi connectivity index (χ1v) is 25.1. The Morgan fingerprint density at radius 2 is 0.877 bits per heavy atom. The number of para-hydroxylation sites is 1. The fraction of sp³-hybridized carbons (Fsp3) is 0.0735. The maximum absolute atomic E-state index is 5.23. The molecule has 0 fully saturated rings. The van der Waals surface area contributed by atoms with E-state index in [1.807, 2.05) is 0 Å². The molecule has 13 rings (SSSR count). The van der Waals surface area contributed by atoms with E-state index in [9.17, 15) is 0 Å². The van der Waals surface area contributed by atoms with Gasteiger partial charge in [0.1, 0.15) is 0 Å². The van der Waals surface area contributed by atoms with E-state index in [0.29, 0.717) is 17.5 Å². The third-order valence-corrected chi connectivity index (χ3v) is 14.8. The molecule has 0 N–H and O–H groups in total. The van der Waals surface area contributed by atoms with Crippen molar-refractivity contribution in [3.05, 3.63) is 259 Å². The average molecular weight is 938 g/mol. The van der Waals surface area contributed by atoms with Gasteiger partial charge in [-0.15, -0.1) is 0 Å². The second-order valence-corrected chi connectivity index (χ2v) is 19.9. The number of benzene rings is 10. The summed E-state index contributed by atoms with van der Waals surface area (Å²) in [5, 5.41) is 2.35. The summed E-state index contributed by atoms with van der Waals surface area (Å²) >= 11 is 0. The van der Waals surface area contributed by atoms with Crippen LogP contribution in [0.1, 0.15) is 36.1 Å². The zero-order valence-corrected chi connectivity index (χ0v) is 41.3. The van der Waals surface area contributed by atoms with Crippen LogP contribution in [0.25, 0.3) is 95.0 Å². The maximum atomic E-state index is 5.23. The Kier molecular flexibility index (Phi) is 10.6. The van der Waals surface area contributed by atoms with E-state index >= 15 is 0 Å². The van der Waals surface area contributed by atoms with Crippen molar-refractivity contribution in [1.29, 1.82) is 0 Å². The standard InChI is InChI=1S/C68H51N5/c1-44-31-35-48(36-32-44)65-69-66(49-37-33-45(2)34-38-49)71-67(70-65)52-23-15-26-55(41-52)73-63-43-61-58(56-27-11-12-29-60(56)68(61,3)4)42-59(63)57-28-16-30-62(64(57)73)72(53-24-13-21-50(39-53)46-17-7-5-8-18-46)54-25-14-22-51(40-54)47-19-9-6-10-20-47/h5-43H,1-4H3. The molecule has 1 aliphatic carbocycles. The van der Waals surface area contributed by atoms with Gasteiger partial charge in [0.05, 0.1) is 16.7 Å². The lowest BCUT2D eigenvalue weighted by Crippen LogP contribution is -2.15. The molecular formula is C68H51N5. The average Bonchev–Trinajstić information content (AvgIpc) is 3.89. The van der Waals surface area contributed by atoms with Crippen LogP contribution in [-0.2, 0) is 5.41 Å². The molecule has 10 aromatic carbocycles. The fourth-order valence-corrected chi connectivity index (χ4v) is 11.0. The van der Waals surface area contributed by atoms with Crippen LogP contribution in [-0.4, -0.2) is 19.5 Å². The molecule has 0 bridgehead atoms. The molecule has 2 heterocycles. The van der Waals surface area contributed by atoms with E-state index in [0.717, 1.165) is 67.0 Å². The topological polar surface area (TPSA) is 46.8 Å². The second-order valence-electron chi connectivity index (χ2n) is 19.9. The summed E-state index contributed by atoms with van der Waals surface area (Å²) < 4.78 is 2.49. The number of hydrogen-bond acceptors (Lipinski definition) is 4. The molecule has 5 heteroatoms. The summed E-state index contributed by atoms with van der Waals surface area (Å²) in [7, 11) is 0. The summed E-state index contributed by atoms with van der Waals surface area (Å²) in [6.45, 7) is 8.93. The Hall–Kier alpha value is -9.19. The van der Waals surface area contributed by atoms with Gasteiger partial charge in [-0.3, -0.25) is 0 Å². The largest absolute Gasteiger partial charge is 0.308 e. The highest BCUT2D eigenvalue weighted by molar-refractivity contribution is 6.16. The molecule has 0 amide bonds. The number of aromatic nitrogens is 4. The number of anilines is 3. The zero-order valence-electron chi connectivity index (χ0n) is 41.3. The number of fused-ring (bicyclic) bond motifs is 6. The van der Waals surface area contributed by atoms with E-state index in [1.54, 1.807) is 0 Å². The van der Waals surface area contributed by atoms with Crippen LogP contribution in [0, 0.1) is 13.8 Å². The maximum Gasteiger partial charge on any atom is 0.164 e. The third kappa shape index (κ3) is 7.69. The lowest BCUT2D eigenvalue weighted by Gasteiger charge is -2.28. The molecule has 348 valence electrons. The summed E-state index contributed by atoms with van der Waals surface area (Å²) in [5.74, 6) is 1.88. The number of aryl methyl sites for hydroxylation is 2. The van der Waals surface area contributed by atoms with Crippen LogP contribution >= 0.6 is 0 Å². The molecule has 73 heavy (non-hydrogen) atoms. The van der Waals surface area contributed by atoms with E-state index in [-0.39, 0.29) is 5.41 Å². The van der Waals surface area contributed by atoms with Crippen molar-refractivity contribution in [3.8, 4) is 73.2 Å². The van der Waals surface area contributed by atoms with Crippen molar-refractivity contribution in [2.24, 2.45) is 0 Å². The van der Waals surface area contributed by atoms with E-state index < -0.39 is 0 Å². The molecule has 1 aliphatic rings. The van der Waals surface area contributed by atoms with Gasteiger partial charge >= 0.3 is 0 Å². The van der Waals surface area contributed by atoms with Crippen LogP contribution in [0.3, 0.4) is 0 Å². The number of nitrogens with zero attached hydrogens (tertiary/aromatic N) is 5. The van der Waals surface area contributed by atoms with Crippen LogP contribution < -0.4 is 4.90 Å². The molecule has 0 unspecified atom stereocenters. The van der Waals surface area contributed by atoms with Crippen molar-refractivity contribution in [3.63, 3.8) is 0 Å². The molecule has 2 aromatic heterocycles. The molecule has 0 radical (unpaired) electrons. The SMILES string of the molecule is Cc1ccc(-c2nc(-c3ccc(C)cc3)nc(-c3cccc(-n4c5cc6c(cc5c5cccc(N(c7cccc(-c8ccccc8)c7)c7cccc(-c8ccccc8)c7)c54)-c4ccccc4C6(C)C)c3)n2)cc1. The zero-order chi connectivity index (χ0) is 49.2. The molecule has 0 atom stereocenters. The van der Waals surface area contributed by atoms with E-state index in [4.69, 9.17) is 15.0 Å². The van der Waals surface area contributed by atoms with Gasteiger partial charge in [0.2, 0.25) is 0 Å². The predicted octanol–water partition coefficient (Wildman–Crippen LogP) is 17.7. The summed E-state index contributed by atoms with van der Waals surface area (Å²) in [6, 6.07) is 85.4. The van der Waals surface area contributed by atoms with Gasteiger partial charge in [0.15, 0.2) is 17.5 Å². The van der Waals surface area contributed by atoms with E-state index in [2.05, 4.69) is 274 Å². The highest BCUT2D eigenvalue weighted by Gasteiger charge is 2.36. The van der Waals surface area contributed by atoms with Crippen molar-refractivity contribution in [2.45, 2.75) is 33.1 Å². The lowest BCUT2D eigenvalue weighted by atomic mass is 9.82. The van der Waals surface area contributed by atoms with Gasteiger partial charge in [0.25, 0.3) is 0 Å². The number of rotatable bonds is 9.